The molecule has 2 aromatic carbocycles. The number of hydrogen-bond acceptors (Lipinski definition) is 9. The molecule has 2 amide bonds. The predicted octanol–water partition coefficient (Wildman–Crippen LogP) is 8.86. The van der Waals surface area contributed by atoms with Crippen molar-refractivity contribution in [2.24, 2.45) is 11.8 Å². The Hall–Kier alpha value is -4.16. The first kappa shape index (κ1) is 46.9. The number of ether oxygens (including phenoxy) is 4. The van der Waals surface area contributed by atoms with Crippen molar-refractivity contribution < 1.29 is 43.2 Å². The van der Waals surface area contributed by atoms with E-state index in [4.69, 9.17) is 18.9 Å². The Morgan fingerprint density at radius 2 is 1.55 bits per heavy atom. The fourth-order valence-electron chi connectivity index (χ4n) is 9.00. The molecular formula is C49H68N2O9. The van der Waals surface area contributed by atoms with E-state index in [1.54, 1.807) is 26.0 Å². The highest BCUT2D eigenvalue weighted by Gasteiger charge is 2.42. The number of alkyl carbamates (subject to hydrolysis) is 1. The maximum Gasteiger partial charge on any atom is 0.409 e. The van der Waals surface area contributed by atoms with Crippen LogP contribution in [0.15, 0.2) is 73.3 Å². The van der Waals surface area contributed by atoms with Gasteiger partial charge in [-0.1, -0.05) is 67.6 Å². The molecule has 11 heteroatoms. The van der Waals surface area contributed by atoms with Crippen LogP contribution in [0.2, 0.25) is 0 Å². The molecule has 3 heterocycles. The second-order valence-electron chi connectivity index (χ2n) is 17.1. The molecule has 3 saturated heterocycles. The van der Waals surface area contributed by atoms with Crippen LogP contribution in [-0.2, 0) is 33.3 Å². The molecule has 8 atom stereocenters. The van der Waals surface area contributed by atoms with Crippen LogP contribution in [0, 0.1) is 11.8 Å². The molecule has 1 aliphatic carbocycles. The van der Waals surface area contributed by atoms with E-state index in [-0.39, 0.29) is 54.4 Å². The van der Waals surface area contributed by atoms with Gasteiger partial charge in [-0.05, 0) is 119 Å². The number of hydrogen-bond donors (Lipinski definition) is 3. The van der Waals surface area contributed by atoms with E-state index in [1.165, 1.54) is 0 Å². The molecule has 328 valence electrons. The van der Waals surface area contributed by atoms with Crippen molar-refractivity contribution in [2.75, 3.05) is 13.2 Å². The number of rotatable bonds is 17. The maximum absolute atomic E-state index is 12.7. The van der Waals surface area contributed by atoms with Crippen molar-refractivity contribution in [1.29, 1.82) is 0 Å². The van der Waals surface area contributed by atoms with Crippen molar-refractivity contribution in [2.45, 2.75) is 160 Å². The van der Waals surface area contributed by atoms with E-state index in [2.05, 4.69) is 36.3 Å². The van der Waals surface area contributed by atoms with E-state index in [0.717, 1.165) is 99.3 Å². The summed E-state index contributed by atoms with van der Waals surface area (Å²) in [5, 5.41) is 15.8. The Bertz CT molecular complexity index is 1730. The monoisotopic (exact) mass is 828 g/mol. The summed E-state index contributed by atoms with van der Waals surface area (Å²) in [6.07, 6.45) is 16.0. The summed E-state index contributed by atoms with van der Waals surface area (Å²) in [6.45, 7) is 11.5. The van der Waals surface area contributed by atoms with Gasteiger partial charge >= 0.3 is 6.09 Å². The Kier molecular flexibility index (Phi) is 18.1. The lowest BCUT2D eigenvalue weighted by molar-refractivity contribution is -0.315. The van der Waals surface area contributed by atoms with E-state index < -0.39 is 24.0 Å². The van der Waals surface area contributed by atoms with Crippen LogP contribution in [-0.4, -0.2) is 78.3 Å². The summed E-state index contributed by atoms with van der Waals surface area (Å²) >= 11 is 0. The average Bonchev–Trinajstić information content (AvgIpc) is 3.55. The molecule has 3 N–H and O–H groups in total. The molecule has 1 spiro atoms. The molecular weight excluding hydrogens is 761 g/mol. The summed E-state index contributed by atoms with van der Waals surface area (Å²) in [7, 11) is 0. The number of benzene rings is 2. The summed E-state index contributed by atoms with van der Waals surface area (Å²) in [4.78, 5) is 47.9. The molecule has 2 aromatic rings. The van der Waals surface area contributed by atoms with Gasteiger partial charge in [-0.25, -0.2) is 4.79 Å². The largest absolute Gasteiger partial charge is 0.448 e. The van der Waals surface area contributed by atoms with E-state index >= 15 is 0 Å². The SMILES string of the molecule is C/C=C/C(=O)C[C@@H]1CCC(C)C(CC(C)=O)O1.C=CCC[C@@H]1CCC[C@]2(CCC[C@@H](CCCNC(=O)[C@@H](C)[C@@H](O)NC(=O)OCC3c4ccccc4-c4ccccc43)O2)O1. The van der Waals surface area contributed by atoms with E-state index in [0.29, 0.717) is 25.3 Å². The van der Waals surface area contributed by atoms with Gasteiger partial charge in [0, 0.05) is 38.1 Å². The lowest BCUT2D eigenvalue weighted by Gasteiger charge is -2.46. The fraction of sp³-hybridized carbons (Fsp3) is 0.592. The third-order valence-corrected chi connectivity index (χ3v) is 12.3. The molecule has 3 aliphatic heterocycles. The van der Waals surface area contributed by atoms with Crippen LogP contribution in [0.25, 0.3) is 11.1 Å². The number of allylic oxidation sites excluding steroid dienone is 3. The number of carbonyl (C=O) groups excluding carboxylic acids is 4. The smallest absolute Gasteiger partial charge is 0.409 e. The van der Waals surface area contributed by atoms with Crippen molar-refractivity contribution in [3.63, 3.8) is 0 Å². The highest BCUT2D eigenvalue weighted by atomic mass is 16.7. The third-order valence-electron chi connectivity index (χ3n) is 12.3. The Balaban J connectivity index is 0.000000337. The number of ketones is 2. The van der Waals surface area contributed by atoms with Gasteiger partial charge in [-0.2, -0.15) is 0 Å². The zero-order valence-corrected chi connectivity index (χ0v) is 36.2. The highest BCUT2D eigenvalue weighted by Crippen LogP contribution is 2.45. The van der Waals surface area contributed by atoms with Crippen LogP contribution < -0.4 is 10.6 Å². The highest BCUT2D eigenvalue weighted by molar-refractivity contribution is 5.89. The second-order valence-corrected chi connectivity index (χ2v) is 17.1. The standard InChI is InChI=1S/C35H46N2O6.C14H22O3/c1-3-4-12-25-13-9-20-35(42-25)21-10-14-26(43-35)15-11-22-36-32(38)24(2)33(39)37-34(40)41-23-31-29-18-7-5-16-27(29)28-17-6-8-19-30(28)31;1-4-5-12(16)9-13-7-6-10(2)14(17-13)8-11(3)15/h3,5-8,16-19,24-26,31,33,39H,1,4,9-15,20-23H2,2H3,(H,36,38)(H,37,40);4-5,10,13-14H,6-9H2,1-3H3/b;5-4+/t24-,25-,26+,33-,35+;10?,13-,14?/m10/s1. The Labute approximate surface area is 357 Å². The van der Waals surface area contributed by atoms with Gasteiger partial charge < -0.3 is 29.4 Å². The summed E-state index contributed by atoms with van der Waals surface area (Å²) in [5.41, 5.74) is 4.50. The molecule has 0 radical (unpaired) electrons. The number of nitrogens with one attached hydrogen (secondary N) is 2. The first-order chi connectivity index (χ1) is 28.9. The van der Waals surface area contributed by atoms with Crippen LogP contribution in [0.1, 0.15) is 135 Å². The van der Waals surface area contributed by atoms with Crippen LogP contribution in [0.4, 0.5) is 4.79 Å². The van der Waals surface area contributed by atoms with Gasteiger partial charge in [0.1, 0.15) is 18.6 Å². The minimum absolute atomic E-state index is 0.00958. The van der Waals surface area contributed by atoms with E-state index in [9.17, 15) is 24.3 Å². The molecule has 0 bridgehead atoms. The third kappa shape index (κ3) is 13.4. The zero-order chi connectivity index (χ0) is 43.1. The van der Waals surface area contributed by atoms with Gasteiger partial charge in [-0.3, -0.25) is 19.7 Å². The quantitative estimate of drug-likeness (QED) is 0.0615. The second kappa shape index (κ2) is 23.2. The zero-order valence-electron chi connectivity index (χ0n) is 36.2. The van der Waals surface area contributed by atoms with E-state index in [1.807, 2.05) is 49.4 Å². The number of Topliss-reactive ketones (excluding diaryl/α,β-unsaturated/α-hetero) is 1. The number of aliphatic hydroxyl groups excluding tert-OH is 1. The van der Waals surface area contributed by atoms with Crippen molar-refractivity contribution in [1.82, 2.24) is 10.6 Å². The van der Waals surface area contributed by atoms with Crippen molar-refractivity contribution >= 4 is 23.6 Å². The normalized spacial score (nSPS) is 25.9. The Morgan fingerprint density at radius 1 is 0.917 bits per heavy atom. The number of fused-ring (bicyclic) bond motifs is 3. The summed E-state index contributed by atoms with van der Waals surface area (Å²) in [6, 6.07) is 16.2. The van der Waals surface area contributed by atoms with Crippen LogP contribution in [0.3, 0.4) is 0 Å². The molecule has 11 nitrogen and oxygen atoms in total. The minimum Gasteiger partial charge on any atom is -0.448 e. The minimum atomic E-state index is -1.37. The molecule has 2 unspecified atom stereocenters. The average molecular weight is 829 g/mol. The van der Waals surface area contributed by atoms with Gasteiger partial charge in [-0.15, -0.1) is 6.58 Å². The van der Waals surface area contributed by atoms with Gasteiger partial charge in [0.05, 0.1) is 30.3 Å². The summed E-state index contributed by atoms with van der Waals surface area (Å²) in [5.74, 6) is -1.03. The van der Waals surface area contributed by atoms with Gasteiger partial charge in [0.15, 0.2) is 11.6 Å². The summed E-state index contributed by atoms with van der Waals surface area (Å²) < 4.78 is 24.3. The number of carbonyl (C=O) groups is 4. The molecule has 3 fully saturated rings. The van der Waals surface area contributed by atoms with Crippen LogP contribution >= 0.6 is 0 Å². The fourth-order valence-corrected chi connectivity index (χ4v) is 9.00. The molecule has 60 heavy (non-hydrogen) atoms. The lowest BCUT2D eigenvalue weighted by atomic mass is 9.89. The lowest BCUT2D eigenvalue weighted by Crippen LogP contribution is -2.48. The maximum atomic E-state index is 12.7. The molecule has 4 aliphatic rings. The topological polar surface area (TPSA) is 149 Å². The van der Waals surface area contributed by atoms with Crippen LogP contribution in [0.5, 0.6) is 0 Å². The molecule has 0 aromatic heterocycles. The first-order valence-electron chi connectivity index (χ1n) is 22.3. The number of aliphatic hydroxyl groups is 1. The first-order valence-corrected chi connectivity index (χ1v) is 22.3. The van der Waals surface area contributed by atoms with Gasteiger partial charge in [0.25, 0.3) is 0 Å². The number of amides is 2. The predicted molar refractivity (Wildman–Crippen MR) is 232 cm³/mol. The molecule has 0 saturated carbocycles. The molecule has 6 rings (SSSR count). The van der Waals surface area contributed by atoms with Crippen molar-refractivity contribution in [3.05, 3.63) is 84.5 Å². The van der Waals surface area contributed by atoms with Gasteiger partial charge in [0.2, 0.25) is 5.91 Å². The van der Waals surface area contributed by atoms with Crippen molar-refractivity contribution in [3.8, 4) is 11.1 Å². The Morgan fingerprint density at radius 3 is 2.17 bits per heavy atom.